The van der Waals surface area contributed by atoms with Crippen LogP contribution in [0.1, 0.15) is 18.4 Å². The summed E-state index contributed by atoms with van der Waals surface area (Å²) in [7, 11) is 3.62. The highest BCUT2D eigenvalue weighted by molar-refractivity contribution is 5.46. The Labute approximate surface area is 96.8 Å². The Bertz CT molecular complexity index is 348. The Balaban J connectivity index is 2.13. The van der Waals surface area contributed by atoms with Crippen LogP contribution in [0.5, 0.6) is 11.5 Å². The van der Waals surface area contributed by atoms with Gasteiger partial charge in [0, 0.05) is 12.1 Å². The highest BCUT2D eigenvalue weighted by Crippen LogP contribution is 2.34. The third-order valence-corrected chi connectivity index (χ3v) is 2.81. The van der Waals surface area contributed by atoms with Gasteiger partial charge in [0.2, 0.25) is 0 Å². The molecule has 88 valence electrons. The number of hydrogen-bond acceptors (Lipinski definition) is 3. The molecule has 1 aromatic rings. The molecule has 0 atom stereocenters. The summed E-state index contributed by atoms with van der Waals surface area (Å²) in [4.78, 5) is 0. The summed E-state index contributed by atoms with van der Waals surface area (Å²) >= 11 is 0. The first-order valence-corrected chi connectivity index (χ1v) is 5.78. The van der Waals surface area contributed by atoms with Crippen molar-refractivity contribution in [3.05, 3.63) is 23.8 Å². The molecule has 0 saturated heterocycles. The second-order valence-corrected chi connectivity index (χ2v) is 4.23. The topological polar surface area (TPSA) is 30.5 Å². The van der Waals surface area contributed by atoms with Crippen LogP contribution >= 0.6 is 0 Å². The second-order valence-electron chi connectivity index (χ2n) is 4.23. The molecule has 0 aliphatic heterocycles. The Kier molecular flexibility index (Phi) is 3.67. The minimum atomic E-state index is 0.757. The average Bonchev–Trinajstić information content (AvgIpc) is 3.11. The molecule has 0 unspecified atom stereocenters. The molecule has 0 aromatic heterocycles. The Morgan fingerprint density at radius 1 is 1.38 bits per heavy atom. The monoisotopic (exact) mass is 221 g/mol. The van der Waals surface area contributed by atoms with Gasteiger partial charge >= 0.3 is 0 Å². The number of hydrogen-bond donors (Lipinski definition) is 1. The van der Waals surface area contributed by atoms with Crippen molar-refractivity contribution in [1.82, 2.24) is 5.32 Å². The van der Waals surface area contributed by atoms with Gasteiger partial charge in [0.25, 0.3) is 0 Å². The Hall–Kier alpha value is -1.22. The van der Waals surface area contributed by atoms with Gasteiger partial charge in [-0.2, -0.15) is 0 Å². The lowest BCUT2D eigenvalue weighted by atomic mass is 10.2. The maximum Gasteiger partial charge on any atom is 0.165 e. The second kappa shape index (κ2) is 5.21. The van der Waals surface area contributed by atoms with Crippen LogP contribution in [0.25, 0.3) is 0 Å². The lowest BCUT2D eigenvalue weighted by Gasteiger charge is -2.14. The number of para-hydroxylation sites is 1. The number of nitrogens with one attached hydrogen (secondary N) is 1. The van der Waals surface area contributed by atoms with E-state index < -0.39 is 0 Å². The van der Waals surface area contributed by atoms with Crippen LogP contribution < -0.4 is 14.8 Å². The van der Waals surface area contributed by atoms with Gasteiger partial charge in [-0.15, -0.1) is 0 Å². The van der Waals surface area contributed by atoms with Crippen LogP contribution in [-0.4, -0.2) is 20.8 Å². The molecule has 1 fully saturated rings. The van der Waals surface area contributed by atoms with E-state index >= 15 is 0 Å². The molecule has 1 aliphatic rings. The van der Waals surface area contributed by atoms with Crippen molar-refractivity contribution >= 4 is 0 Å². The molecule has 16 heavy (non-hydrogen) atoms. The largest absolute Gasteiger partial charge is 0.493 e. The van der Waals surface area contributed by atoms with E-state index in [4.69, 9.17) is 9.47 Å². The molecule has 0 spiro atoms. The van der Waals surface area contributed by atoms with E-state index in [1.807, 2.05) is 19.2 Å². The molecule has 2 rings (SSSR count). The van der Waals surface area contributed by atoms with Crippen molar-refractivity contribution in [3.8, 4) is 11.5 Å². The SMILES string of the molecule is CNCc1cccc(OC)c1OCC1CC1. The minimum Gasteiger partial charge on any atom is -0.493 e. The molecule has 1 aromatic carbocycles. The molecule has 1 aliphatic carbocycles. The van der Waals surface area contributed by atoms with E-state index in [0.29, 0.717) is 0 Å². The lowest BCUT2D eigenvalue weighted by Crippen LogP contribution is -2.09. The number of ether oxygens (including phenoxy) is 2. The van der Waals surface area contributed by atoms with Gasteiger partial charge in [0.05, 0.1) is 13.7 Å². The van der Waals surface area contributed by atoms with Gasteiger partial charge in [-0.1, -0.05) is 12.1 Å². The molecule has 3 heteroatoms. The highest BCUT2D eigenvalue weighted by Gasteiger charge is 2.23. The molecule has 0 amide bonds. The van der Waals surface area contributed by atoms with Crippen LogP contribution in [0, 0.1) is 5.92 Å². The zero-order chi connectivity index (χ0) is 11.4. The first-order valence-electron chi connectivity index (χ1n) is 5.78. The summed E-state index contributed by atoms with van der Waals surface area (Å²) in [5.41, 5.74) is 1.16. The first-order chi connectivity index (χ1) is 7.85. The highest BCUT2D eigenvalue weighted by atomic mass is 16.5. The van der Waals surface area contributed by atoms with Crippen LogP contribution in [0.15, 0.2) is 18.2 Å². The smallest absolute Gasteiger partial charge is 0.165 e. The van der Waals surface area contributed by atoms with Crippen LogP contribution in [0.2, 0.25) is 0 Å². The summed E-state index contributed by atoms with van der Waals surface area (Å²) < 4.78 is 11.2. The third kappa shape index (κ3) is 2.67. The summed E-state index contributed by atoms with van der Waals surface area (Å²) in [5.74, 6) is 2.48. The Morgan fingerprint density at radius 2 is 2.19 bits per heavy atom. The maximum atomic E-state index is 5.87. The van der Waals surface area contributed by atoms with Crippen LogP contribution in [0.4, 0.5) is 0 Å². The summed E-state index contributed by atoms with van der Waals surface area (Å²) in [6.07, 6.45) is 2.60. The third-order valence-electron chi connectivity index (χ3n) is 2.81. The van der Waals surface area contributed by atoms with Crippen molar-refractivity contribution in [2.45, 2.75) is 19.4 Å². The predicted octanol–water partition coefficient (Wildman–Crippen LogP) is 2.20. The fraction of sp³-hybridized carbons (Fsp3) is 0.538. The quantitative estimate of drug-likeness (QED) is 0.799. The van der Waals surface area contributed by atoms with Crippen molar-refractivity contribution in [1.29, 1.82) is 0 Å². The normalized spacial score (nSPS) is 14.9. The van der Waals surface area contributed by atoms with Crippen LogP contribution in [-0.2, 0) is 6.54 Å². The van der Waals surface area contributed by atoms with Gasteiger partial charge in [-0.3, -0.25) is 0 Å². The van der Waals surface area contributed by atoms with Gasteiger partial charge in [-0.05, 0) is 31.9 Å². The van der Waals surface area contributed by atoms with Crippen molar-refractivity contribution in [2.24, 2.45) is 5.92 Å². The summed E-state index contributed by atoms with van der Waals surface area (Å²) in [5, 5.41) is 3.14. The number of benzene rings is 1. The molecule has 1 N–H and O–H groups in total. The molecular formula is C13H19NO2. The summed E-state index contributed by atoms with van der Waals surface area (Å²) in [6.45, 7) is 1.62. The van der Waals surface area contributed by atoms with Crippen LogP contribution in [0.3, 0.4) is 0 Å². The molecule has 1 saturated carbocycles. The molecule has 0 bridgehead atoms. The standard InChI is InChI=1S/C13H19NO2/c1-14-8-11-4-3-5-12(15-2)13(11)16-9-10-6-7-10/h3-5,10,14H,6-9H2,1-2H3. The minimum absolute atomic E-state index is 0.757. The molecule has 0 radical (unpaired) electrons. The van der Waals surface area contributed by atoms with Gasteiger partial charge < -0.3 is 14.8 Å². The molecule has 0 heterocycles. The van der Waals surface area contributed by atoms with Gasteiger partial charge in [0.15, 0.2) is 11.5 Å². The number of methoxy groups -OCH3 is 1. The predicted molar refractivity (Wildman–Crippen MR) is 64.0 cm³/mol. The van der Waals surface area contributed by atoms with E-state index in [1.54, 1.807) is 7.11 Å². The zero-order valence-electron chi connectivity index (χ0n) is 9.95. The molecule has 3 nitrogen and oxygen atoms in total. The lowest BCUT2D eigenvalue weighted by molar-refractivity contribution is 0.277. The average molecular weight is 221 g/mol. The van der Waals surface area contributed by atoms with E-state index in [-0.39, 0.29) is 0 Å². The number of rotatable bonds is 6. The van der Waals surface area contributed by atoms with E-state index in [1.165, 1.54) is 12.8 Å². The maximum absolute atomic E-state index is 5.87. The molecular weight excluding hydrogens is 202 g/mol. The fourth-order valence-electron chi connectivity index (χ4n) is 1.70. The van der Waals surface area contributed by atoms with Gasteiger partial charge in [-0.25, -0.2) is 0 Å². The Morgan fingerprint density at radius 3 is 2.81 bits per heavy atom. The van der Waals surface area contributed by atoms with Crippen molar-refractivity contribution in [3.63, 3.8) is 0 Å². The van der Waals surface area contributed by atoms with Crippen molar-refractivity contribution < 1.29 is 9.47 Å². The van der Waals surface area contributed by atoms with Gasteiger partial charge in [0.1, 0.15) is 0 Å². The van der Waals surface area contributed by atoms with E-state index in [0.717, 1.165) is 36.1 Å². The van der Waals surface area contributed by atoms with E-state index in [2.05, 4.69) is 11.4 Å². The zero-order valence-corrected chi connectivity index (χ0v) is 9.95. The van der Waals surface area contributed by atoms with Crippen molar-refractivity contribution in [2.75, 3.05) is 20.8 Å². The first kappa shape index (κ1) is 11.3. The fourth-order valence-corrected chi connectivity index (χ4v) is 1.70. The van der Waals surface area contributed by atoms with E-state index in [9.17, 15) is 0 Å². The summed E-state index contributed by atoms with van der Waals surface area (Å²) in [6, 6.07) is 6.01.